The molecule has 0 atom stereocenters. The summed E-state index contributed by atoms with van der Waals surface area (Å²) in [4.78, 5) is 45.7. The van der Waals surface area contributed by atoms with E-state index in [0.717, 1.165) is 11.1 Å². The molecule has 0 saturated carbocycles. The number of hydrogen-bond acceptors (Lipinski definition) is 7. The fourth-order valence-electron chi connectivity index (χ4n) is 4.42. The van der Waals surface area contributed by atoms with Crippen molar-refractivity contribution in [2.45, 2.75) is 33.5 Å². The van der Waals surface area contributed by atoms with Gasteiger partial charge in [0.2, 0.25) is 5.91 Å². The Morgan fingerprint density at radius 2 is 1.86 bits per heavy atom. The van der Waals surface area contributed by atoms with Crippen LogP contribution in [0, 0.1) is 5.41 Å². The molecule has 2 amide bonds. The van der Waals surface area contributed by atoms with Gasteiger partial charge in [0.1, 0.15) is 24.1 Å². The second kappa shape index (κ2) is 9.74. The summed E-state index contributed by atoms with van der Waals surface area (Å²) in [6.07, 6.45) is 3.09. The van der Waals surface area contributed by atoms with Crippen LogP contribution in [0.3, 0.4) is 0 Å². The van der Waals surface area contributed by atoms with Crippen molar-refractivity contribution < 1.29 is 9.59 Å². The van der Waals surface area contributed by atoms with Gasteiger partial charge >= 0.3 is 0 Å². The van der Waals surface area contributed by atoms with Crippen LogP contribution >= 0.6 is 11.6 Å². The van der Waals surface area contributed by atoms with Crippen molar-refractivity contribution in [3.63, 3.8) is 0 Å². The summed E-state index contributed by atoms with van der Waals surface area (Å²) in [5, 5.41) is 15.1. The van der Waals surface area contributed by atoms with E-state index in [1.54, 1.807) is 35.4 Å². The minimum Gasteiger partial charge on any atom is -0.348 e. The van der Waals surface area contributed by atoms with Crippen molar-refractivity contribution in [2.24, 2.45) is 5.41 Å². The molecule has 4 heterocycles. The van der Waals surface area contributed by atoms with Gasteiger partial charge in [-0.15, -0.1) is 5.10 Å². The molecule has 190 valence electrons. The Bertz CT molecular complexity index is 1520. The Labute approximate surface area is 217 Å². The molecule has 0 spiro atoms. The third-order valence-corrected chi connectivity index (χ3v) is 6.47. The quantitative estimate of drug-likeness (QED) is 0.394. The molecular weight excluding hydrogens is 496 g/mol. The molecule has 3 aromatic heterocycles. The summed E-state index contributed by atoms with van der Waals surface area (Å²) in [7, 11) is 0. The molecule has 0 aliphatic carbocycles. The van der Waals surface area contributed by atoms with Crippen LogP contribution in [0.5, 0.6) is 0 Å². The fraction of sp³-hybridized carbons (Fsp3) is 0.320. The number of benzene rings is 1. The molecule has 4 aromatic rings. The third kappa shape index (κ3) is 5.36. The monoisotopic (exact) mass is 520 g/mol. The topological polar surface area (TPSA) is 128 Å². The van der Waals surface area contributed by atoms with E-state index in [-0.39, 0.29) is 30.0 Å². The molecule has 1 aliphatic rings. The normalized spacial score (nSPS) is 14.4. The van der Waals surface area contributed by atoms with Crippen molar-refractivity contribution in [1.82, 2.24) is 40.0 Å². The number of nitrogens with zero attached hydrogens (tertiary/aromatic N) is 7. The highest BCUT2D eigenvalue weighted by Gasteiger charge is 2.37. The summed E-state index contributed by atoms with van der Waals surface area (Å²) < 4.78 is 2.81. The number of carbonyl (C=O) groups excluding carboxylic acids is 2. The van der Waals surface area contributed by atoms with Crippen LogP contribution in [0.1, 0.15) is 35.3 Å². The van der Waals surface area contributed by atoms with Crippen molar-refractivity contribution in [1.29, 1.82) is 0 Å². The predicted molar refractivity (Wildman–Crippen MR) is 136 cm³/mol. The largest absolute Gasteiger partial charge is 0.348 e. The first-order chi connectivity index (χ1) is 17.7. The average molecular weight is 521 g/mol. The van der Waals surface area contributed by atoms with Crippen LogP contribution < -0.4 is 10.9 Å². The van der Waals surface area contributed by atoms with E-state index in [4.69, 9.17) is 11.6 Å². The molecule has 1 N–H and O–H groups in total. The third-order valence-electron chi connectivity index (χ3n) is 6.21. The van der Waals surface area contributed by atoms with Crippen molar-refractivity contribution in [2.75, 3.05) is 13.1 Å². The summed E-state index contributed by atoms with van der Waals surface area (Å²) in [5.74, 6) is -0.736. The number of likely N-dealkylation sites (tertiary alicyclic amines) is 1. The second-order valence-electron chi connectivity index (χ2n) is 9.94. The molecule has 1 aliphatic heterocycles. The Kier molecular flexibility index (Phi) is 6.46. The molecule has 0 unspecified atom stereocenters. The van der Waals surface area contributed by atoms with E-state index < -0.39 is 11.5 Å². The van der Waals surface area contributed by atoms with Crippen LogP contribution in [0.4, 0.5) is 0 Å². The summed E-state index contributed by atoms with van der Waals surface area (Å²) >= 11 is 5.93. The second-order valence-corrected chi connectivity index (χ2v) is 10.4. The maximum Gasteiger partial charge on any atom is 0.265 e. The van der Waals surface area contributed by atoms with Crippen molar-refractivity contribution in [3.05, 3.63) is 81.0 Å². The number of aromatic nitrogens is 6. The van der Waals surface area contributed by atoms with E-state index in [1.165, 1.54) is 21.6 Å². The molecule has 1 saturated heterocycles. The number of fused-ring (bicyclic) bond motifs is 1. The molecule has 5 rings (SSSR count). The van der Waals surface area contributed by atoms with Gasteiger partial charge in [-0.3, -0.25) is 19.0 Å². The van der Waals surface area contributed by atoms with Gasteiger partial charge in [-0.2, -0.15) is 0 Å². The lowest BCUT2D eigenvalue weighted by molar-refractivity contribution is -0.142. The minimum absolute atomic E-state index is 0.0510. The lowest BCUT2D eigenvalue weighted by atomic mass is 9.84. The average Bonchev–Trinajstić information content (AvgIpc) is 3.36. The highest BCUT2D eigenvalue weighted by molar-refractivity contribution is 6.30. The first kappa shape index (κ1) is 24.6. The molecule has 1 aromatic carbocycles. The summed E-state index contributed by atoms with van der Waals surface area (Å²) in [6, 6.07) is 10.4. The van der Waals surface area contributed by atoms with Crippen molar-refractivity contribution in [3.8, 4) is 0 Å². The minimum atomic E-state index is -0.574. The van der Waals surface area contributed by atoms with Gasteiger partial charge in [-0.25, -0.2) is 9.67 Å². The Morgan fingerprint density at radius 1 is 1.11 bits per heavy atom. The van der Waals surface area contributed by atoms with Gasteiger partial charge in [-0.1, -0.05) is 37.6 Å². The standard InChI is InChI=1S/C25H25ClN8O3/c1-25(2)13-32(14-25)21(35)12-34-22-18(7-17(10-27-22)11-33-15-29-30-31-33)8-20(24(34)37)23(36)28-9-16-3-5-19(26)6-4-16/h3-8,10,15H,9,11-14H2,1-2H3,(H,28,36). The first-order valence-corrected chi connectivity index (χ1v) is 12.1. The van der Waals surface area contributed by atoms with Gasteiger partial charge in [0.15, 0.2) is 0 Å². The summed E-state index contributed by atoms with van der Waals surface area (Å²) in [5.41, 5.74) is 1.34. The van der Waals surface area contributed by atoms with E-state index in [1.807, 2.05) is 6.07 Å². The predicted octanol–water partition coefficient (Wildman–Crippen LogP) is 1.88. The van der Waals surface area contributed by atoms with Crippen LogP contribution in [0.2, 0.25) is 5.02 Å². The van der Waals surface area contributed by atoms with Gasteiger partial charge in [0, 0.05) is 36.2 Å². The van der Waals surface area contributed by atoms with E-state index in [0.29, 0.717) is 35.7 Å². The maximum atomic E-state index is 13.5. The first-order valence-electron chi connectivity index (χ1n) is 11.7. The highest BCUT2D eigenvalue weighted by Crippen LogP contribution is 2.28. The number of halogens is 1. The van der Waals surface area contributed by atoms with E-state index in [2.05, 4.69) is 39.7 Å². The van der Waals surface area contributed by atoms with Crippen LogP contribution in [-0.2, 0) is 24.4 Å². The molecule has 37 heavy (non-hydrogen) atoms. The van der Waals surface area contributed by atoms with Gasteiger partial charge in [0.05, 0.1) is 6.54 Å². The number of nitrogens with one attached hydrogen (secondary N) is 1. The molecular formula is C25H25ClN8O3. The van der Waals surface area contributed by atoms with E-state index >= 15 is 0 Å². The SMILES string of the molecule is CC1(C)CN(C(=O)Cn2c(=O)c(C(=O)NCc3ccc(Cl)cc3)cc3cc(Cn4cnnn4)cnc32)C1. The number of carbonyl (C=O) groups is 2. The van der Waals surface area contributed by atoms with Crippen LogP contribution in [0.15, 0.2) is 53.7 Å². The molecule has 0 radical (unpaired) electrons. The lowest BCUT2D eigenvalue weighted by Crippen LogP contribution is -2.56. The number of pyridine rings is 2. The number of rotatable bonds is 7. The number of tetrazole rings is 1. The molecule has 12 heteroatoms. The zero-order chi connectivity index (χ0) is 26.2. The van der Waals surface area contributed by atoms with Gasteiger partial charge < -0.3 is 10.2 Å². The molecule has 1 fully saturated rings. The number of amides is 2. The lowest BCUT2D eigenvalue weighted by Gasteiger charge is -2.45. The zero-order valence-electron chi connectivity index (χ0n) is 20.4. The Morgan fingerprint density at radius 3 is 2.54 bits per heavy atom. The van der Waals surface area contributed by atoms with E-state index in [9.17, 15) is 14.4 Å². The highest BCUT2D eigenvalue weighted by atomic mass is 35.5. The van der Waals surface area contributed by atoms with Gasteiger partial charge in [-0.05, 0) is 51.2 Å². The Hall–Kier alpha value is -4.12. The van der Waals surface area contributed by atoms with Crippen molar-refractivity contribution >= 4 is 34.4 Å². The Balaban J connectivity index is 1.48. The van der Waals surface area contributed by atoms with Crippen LogP contribution in [-0.4, -0.2) is 59.6 Å². The fourth-order valence-corrected chi connectivity index (χ4v) is 4.55. The number of hydrogen-bond donors (Lipinski definition) is 1. The summed E-state index contributed by atoms with van der Waals surface area (Å²) in [6.45, 7) is 5.76. The zero-order valence-corrected chi connectivity index (χ0v) is 21.1. The van der Waals surface area contributed by atoms with Crippen LogP contribution in [0.25, 0.3) is 11.0 Å². The molecule has 0 bridgehead atoms. The van der Waals surface area contributed by atoms with Gasteiger partial charge in [0.25, 0.3) is 11.5 Å². The molecule has 11 nitrogen and oxygen atoms in total. The maximum absolute atomic E-state index is 13.5. The smallest absolute Gasteiger partial charge is 0.265 e.